The fourth-order valence-corrected chi connectivity index (χ4v) is 0.400. The van der Waals surface area contributed by atoms with E-state index in [0.29, 0.717) is 0 Å². The molecule has 0 aliphatic rings. The van der Waals surface area contributed by atoms with E-state index in [4.69, 9.17) is 0 Å². The van der Waals surface area contributed by atoms with Crippen LogP contribution < -0.4 is 4.74 Å². The molecule has 1 radical (unpaired) electrons. The number of rotatable bonds is 1. The van der Waals surface area contributed by atoms with Crippen LogP contribution in [0.1, 0.15) is 0 Å². The third-order valence-corrected chi connectivity index (χ3v) is 0.670. The molecule has 0 amide bonds. The Morgan fingerprint density at radius 2 is 2.20 bits per heavy atom. The molecule has 55 valence electrons. The minimum atomic E-state index is -4.67. The summed E-state index contributed by atoms with van der Waals surface area (Å²) in [6.07, 6.45) is -2.88. The van der Waals surface area contributed by atoms with Crippen molar-refractivity contribution in [1.29, 1.82) is 0 Å². The van der Waals surface area contributed by atoms with Crippen LogP contribution in [0.25, 0.3) is 0 Å². The first kappa shape index (κ1) is 6.98. The van der Waals surface area contributed by atoms with E-state index in [1.165, 1.54) is 0 Å². The SMILES string of the molecule is FC(F)(F)Oc1[c]coc1. The lowest BCUT2D eigenvalue weighted by Crippen LogP contribution is -2.16. The van der Waals surface area contributed by atoms with Crippen LogP contribution in [-0.2, 0) is 0 Å². The number of ether oxygens (including phenoxy) is 1. The largest absolute Gasteiger partial charge is 0.573 e. The van der Waals surface area contributed by atoms with E-state index >= 15 is 0 Å². The quantitative estimate of drug-likeness (QED) is 0.612. The normalized spacial score (nSPS) is 11.5. The minimum Gasteiger partial charge on any atom is -0.468 e. The van der Waals surface area contributed by atoms with Gasteiger partial charge in [0.2, 0.25) is 0 Å². The monoisotopic (exact) mass is 151 g/mol. The molecule has 1 heterocycles. The third-order valence-electron chi connectivity index (χ3n) is 0.670. The summed E-state index contributed by atoms with van der Waals surface area (Å²) in [4.78, 5) is 0. The van der Waals surface area contributed by atoms with Crippen molar-refractivity contribution >= 4 is 0 Å². The van der Waals surface area contributed by atoms with Crippen LogP contribution in [0.3, 0.4) is 0 Å². The minimum absolute atomic E-state index is 0.465. The molecule has 10 heavy (non-hydrogen) atoms. The van der Waals surface area contributed by atoms with Crippen LogP contribution >= 0.6 is 0 Å². The van der Waals surface area contributed by atoms with E-state index in [2.05, 4.69) is 15.2 Å². The first-order valence-corrected chi connectivity index (χ1v) is 2.27. The Balaban J connectivity index is 2.57. The number of hydrogen-bond acceptors (Lipinski definition) is 2. The van der Waals surface area contributed by atoms with Gasteiger partial charge in [-0.15, -0.1) is 13.2 Å². The second-order valence-corrected chi connectivity index (χ2v) is 1.43. The Kier molecular flexibility index (Phi) is 1.57. The van der Waals surface area contributed by atoms with Gasteiger partial charge in [-0.05, 0) is 0 Å². The summed E-state index contributed by atoms with van der Waals surface area (Å²) in [6, 6.07) is 2.08. The molecule has 1 rings (SSSR count). The maximum absolute atomic E-state index is 11.3. The van der Waals surface area contributed by atoms with Gasteiger partial charge in [0.15, 0.2) is 5.75 Å². The second kappa shape index (κ2) is 2.24. The molecule has 0 spiro atoms. The van der Waals surface area contributed by atoms with Crippen LogP contribution in [0.15, 0.2) is 16.9 Å². The van der Waals surface area contributed by atoms with E-state index in [9.17, 15) is 13.2 Å². The summed E-state index contributed by atoms with van der Waals surface area (Å²) in [5, 5.41) is 0. The molecule has 0 saturated carbocycles. The number of furan rings is 1. The zero-order valence-corrected chi connectivity index (χ0v) is 4.61. The van der Waals surface area contributed by atoms with Gasteiger partial charge < -0.3 is 9.15 Å². The summed E-state index contributed by atoms with van der Waals surface area (Å²) in [5.74, 6) is -0.465. The van der Waals surface area contributed by atoms with Crippen LogP contribution in [0, 0.1) is 6.07 Å². The lowest BCUT2D eigenvalue weighted by atomic mass is 10.6. The molecule has 2 nitrogen and oxygen atoms in total. The van der Waals surface area contributed by atoms with Gasteiger partial charge in [-0.2, -0.15) is 0 Å². The first-order chi connectivity index (χ1) is 4.58. The Morgan fingerprint density at radius 3 is 2.60 bits per heavy atom. The molecule has 0 aliphatic heterocycles. The van der Waals surface area contributed by atoms with Crippen molar-refractivity contribution < 1.29 is 22.3 Å². The Hall–Kier alpha value is -1.13. The lowest BCUT2D eigenvalue weighted by Gasteiger charge is -2.03. The van der Waals surface area contributed by atoms with Crippen molar-refractivity contribution in [3.05, 3.63) is 18.6 Å². The maximum atomic E-state index is 11.3. The van der Waals surface area contributed by atoms with Gasteiger partial charge in [-0.1, -0.05) is 0 Å². The van der Waals surface area contributed by atoms with Crippen LogP contribution in [0.4, 0.5) is 13.2 Å². The van der Waals surface area contributed by atoms with Crippen molar-refractivity contribution in [2.75, 3.05) is 0 Å². The summed E-state index contributed by atoms with van der Waals surface area (Å²) in [5.41, 5.74) is 0. The summed E-state index contributed by atoms with van der Waals surface area (Å²) in [7, 11) is 0. The van der Waals surface area contributed by atoms with Gasteiger partial charge in [-0.25, -0.2) is 0 Å². The number of alkyl halides is 3. The summed E-state index contributed by atoms with van der Waals surface area (Å²) in [6.45, 7) is 0. The van der Waals surface area contributed by atoms with Crippen molar-refractivity contribution in [1.82, 2.24) is 0 Å². The zero-order valence-electron chi connectivity index (χ0n) is 4.61. The van der Waals surface area contributed by atoms with Crippen molar-refractivity contribution in [2.45, 2.75) is 6.36 Å². The highest BCUT2D eigenvalue weighted by molar-refractivity contribution is 5.10. The standard InChI is InChI=1S/C5H2F3O2/c6-5(7,8)10-4-1-2-9-3-4/h2-3H. The highest BCUT2D eigenvalue weighted by Crippen LogP contribution is 2.21. The Labute approximate surface area is 54.2 Å². The third kappa shape index (κ3) is 2.00. The molecule has 0 atom stereocenters. The average molecular weight is 151 g/mol. The van der Waals surface area contributed by atoms with Gasteiger partial charge in [-0.3, -0.25) is 0 Å². The summed E-state index contributed by atoms with van der Waals surface area (Å²) < 4.78 is 41.7. The molecular weight excluding hydrogens is 149 g/mol. The molecule has 1 aromatic rings. The second-order valence-electron chi connectivity index (χ2n) is 1.43. The van der Waals surface area contributed by atoms with Crippen LogP contribution in [-0.4, -0.2) is 6.36 Å². The molecule has 0 aromatic carbocycles. The summed E-state index contributed by atoms with van der Waals surface area (Å²) >= 11 is 0. The molecule has 0 saturated heterocycles. The number of hydrogen-bond donors (Lipinski definition) is 0. The zero-order chi connectivity index (χ0) is 7.61. The fourth-order valence-electron chi connectivity index (χ4n) is 0.400. The maximum Gasteiger partial charge on any atom is 0.573 e. The van der Waals surface area contributed by atoms with Crippen LogP contribution in [0.5, 0.6) is 5.75 Å². The smallest absolute Gasteiger partial charge is 0.468 e. The van der Waals surface area contributed by atoms with Crippen LogP contribution in [0.2, 0.25) is 0 Å². The Bertz CT molecular complexity index is 189. The molecule has 0 fully saturated rings. The van der Waals surface area contributed by atoms with Gasteiger partial charge in [0, 0.05) is 0 Å². The highest BCUT2D eigenvalue weighted by atomic mass is 19.4. The first-order valence-electron chi connectivity index (χ1n) is 2.27. The highest BCUT2D eigenvalue weighted by Gasteiger charge is 2.31. The number of halogens is 3. The van der Waals surface area contributed by atoms with E-state index in [-0.39, 0.29) is 0 Å². The fraction of sp³-hybridized carbons (Fsp3) is 0.200. The topological polar surface area (TPSA) is 22.4 Å². The molecule has 1 aromatic heterocycles. The average Bonchev–Trinajstić information content (AvgIpc) is 2.12. The van der Waals surface area contributed by atoms with Crippen molar-refractivity contribution in [3.63, 3.8) is 0 Å². The van der Waals surface area contributed by atoms with E-state index in [1.807, 2.05) is 0 Å². The molecular formula is C5H2F3O2. The van der Waals surface area contributed by atoms with Gasteiger partial charge >= 0.3 is 6.36 Å². The molecule has 0 bridgehead atoms. The van der Waals surface area contributed by atoms with Crippen molar-refractivity contribution in [3.8, 4) is 5.75 Å². The van der Waals surface area contributed by atoms with Crippen molar-refractivity contribution in [2.24, 2.45) is 0 Å². The van der Waals surface area contributed by atoms with Gasteiger partial charge in [0.05, 0.1) is 6.07 Å². The van der Waals surface area contributed by atoms with Gasteiger partial charge in [0.1, 0.15) is 12.5 Å². The Morgan fingerprint density at radius 1 is 1.50 bits per heavy atom. The molecule has 0 N–H and O–H groups in total. The molecule has 0 unspecified atom stereocenters. The predicted octanol–water partition coefficient (Wildman–Crippen LogP) is 1.98. The predicted molar refractivity (Wildman–Crippen MR) is 24.2 cm³/mol. The van der Waals surface area contributed by atoms with E-state index < -0.39 is 12.1 Å². The van der Waals surface area contributed by atoms with E-state index in [1.54, 1.807) is 0 Å². The lowest BCUT2D eigenvalue weighted by molar-refractivity contribution is -0.274. The molecule has 5 heteroatoms. The van der Waals surface area contributed by atoms with E-state index in [0.717, 1.165) is 12.5 Å². The molecule has 0 aliphatic carbocycles. The van der Waals surface area contributed by atoms with Gasteiger partial charge in [0.25, 0.3) is 0 Å².